The van der Waals surface area contributed by atoms with Crippen LogP contribution >= 0.6 is 0 Å². The highest BCUT2D eigenvalue weighted by molar-refractivity contribution is 5.76. The summed E-state index contributed by atoms with van der Waals surface area (Å²) in [6, 6.07) is -0.979. The van der Waals surface area contributed by atoms with Crippen LogP contribution < -0.4 is 5.32 Å². The first-order valence-electron chi connectivity index (χ1n) is 23.1. The maximum Gasteiger partial charge on any atom is 0.220 e. The Morgan fingerprint density at radius 3 is 1.59 bits per heavy atom. The fraction of sp³-hybridized carbons (Fsp3) is 0.886. The molecule has 0 aliphatic carbocycles. The van der Waals surface area contributed by atoms with Gasteiger partial charge in [0.25, 0.3) is 0 Å². The molecule has 1 amide bonds. The van der Waals surface area contributed by atoms with E-state index < -0.39 is 124 Å². The van der Waals surface area contributed by atoms with Crippen LogP contribution in [0.3, 0.4) is 0 Å². The van der Waals surface area contributed by atoms with Crippen LogP contribution in [0.2, 0.25) is 0 Å². The Kier molecular flexibility index (Phi) is 26.9. The number of allylic oxidation sites excluding steroid dienone is 3. The Balaban J connectivity index is 1.61. The quantitative estimate of drug-likeness (QED) is 0.0325. The number of ether oxygens (including phenoxy) is 6. The van der Waals surface area contributed by atoms with Gasteiger partial charge < -0.3 is 89.9 Å². The number of nitrogens with one attached hydrogen (secondary N) is 1. The molecule has 12 N–H and O–H groups in total. The first-order chi connectivity index (χ1) is 30.3. The molecule has 3 aliphatic rings. The highest BCUT2D eigenvalue weighted by Crippen LogP contribution is 2.33. The second kappa shape index (κ2) is 30.5. The largest absolute Gasteiger partial charge is 0.394 e. The summed E-state index contributed by atoms with van der Waals surface area (Å²) in [5.41, 5.74) is 0. The molecule has 3 fully saturated rings. The van der Waals surface area contributed by atoms with Crippen molar-refractivity contribution in [3.05, 3.63) is 24.3 Å². The molecule has 3 heterocycles. The normalized spacial score (nSPS) is 35.0. The van der Waals surface area contributed by atoms with Gasteiger partial charge in [-0.25, -0.2) is 0 Å². The zero-order chi connectivity index (χ0) is 46.3. The molecule has 17 atom stereocenters. The van der Waals surface area contributed by atoms with Crippen LogP contribution in [0, 0.1) is 0 Å². The highest BCUT2D eigenvalue weighted by atomic mass is 16.8. The molecule has 19 heteroatoms. The predicted octanol–water partition coefficient (Wildman–Crippen LogP) is -0.309. The number of aliphatic hydroxyl groups excluding tert-OH is 11. The maximum atomic E-state index is 13.1. The molecule has 0 saturated carbocycles. The third-order valence-electron chi connectivity index (χ3n) is 11.8. The summed E-state index contributed by atoms with van der Waals surface area (Å²) in [5, 5.41) is 119. The van der Waals surface area contributed by atoms with Crippen molar-refractivity contribution in [2.45, 2.75) is 221 Å². The SMILES string of the molecule is CCCCC/C=C/CC/C=C/C(O)C(COC1OC(CO)C(OC2OC(CO)C(OC3OC(CO)C(O)C(O)C3O)C(O)C2O)C(O)C1O)NC(=O)CCCCCCCCCCC. The number of carbonyl (C=O) groups is 1. The van der Waals surface area contributed by atoms with Crippen LogP contribution in [0.15, 0.2) is 24.3 Å². The zero-order valence-electron chi connectivity index (χ0n) is 37.0. The van der Waals surface area contributed by atoms with Crippen molar-refractivity contribution in [2.75, 3.05) is 26.4 Å². The van der Waals surface area contributed by atoms with E-state index in [1.165, 1.54) is 38.5 Å². The molecule has 3 saturated heterocycles. The van der Waals surface area contributed by atoms with E-state index in [-0.39, 0.29) is 18.9 Å². The fourth-order valence-electron chi connectivity index (χ4n) is 7.79. The van der Waals surface area contributed by atoms with Gasteiger partial charge in [-0.15, -0.1) is 0 Å². The van der Waals surface area contributed by atoms with Crippen molar-refractivity contribution in [3.63, 3.8) is 0 Å². The average Bonchev–Trinajstić information content (AvgIpc) is 3.28. The molecule has 3 aliphatic heterocycles. The van der Waals surface area contributed by atoms with E-state index in [1.54, 1.807) is 6.08 Å². The number of hydrogen-bond acceptors (Lipinski definition) is 18. The number of carbonyl (C=O) groups excluding carboxylic acids is 1. The zero-order valence-corrected chi connectivity index (χ0v) is 37.0. The second-order valence-corrected chi connectivity index (χ2v) is 16.9. The molecule has 0 spiro atoms. The lowest BCUT2D eigenvalue weighted by Gasteiger charge is -2.48. The van der Waals surface area contributed by atoms with Crippen molar-refractivity contribution in [1.29, 1.82) is 0 Å². The van der Waals surface area contributed by atoms with Crippen LogP contribution in [0.25, 0.3) is 0 Å². The molecule has 368 valence electrons. The van der Waals surface area contributed by atoms with Gasteiger partial charge in [0.05, 0.1) is 38.6 Å². The van der Waals surface area contributed by atoms with Crippen LogP contribution in [-0.4, -0.2) is 193 Å². The monoisotopic (exact) mass is 910 g/mol. The van der Waals surface area contributed by atoms with Crippen molar-refractivity contribution >= 4 is 5.91 Å². The topological polar surface area (TPSA) is 307 Å². The lowest BCUT2D eigenvalue weighted by molar-refractivity contribution is -0.379. The van der Waals surface area contributed by atoms with Crippen molar-refractivity contribution < 1.29 is 89.4 Å². The summed E-state index contributed by atoms with van der Waals surface area (Å²) in [4.78, 5) is 13.1. The summed E-state index contributed by atoms with van der Waals surface area (Å²) < 4.78 is 33.9. The molecule has 63 heavy (non-hydrogen) atoms. The number of amides is 1. The molecular formula is C44H79NO18. The Morgan fingerprint density at radius 1 is 0.556 bits per heavy atom. The molecule has 0 aromatic heterocycles. The first-order valence-corrected chi connectivity index (χ1v) is 23.1. The molecule has 0 aromatic carbocycles. The Morgan fingerprint density at radius 2 is 1.02 bits per heavy atom. The van der Waals surface area contributed by atoms with Crippen LogP contribution in [0.4, 0.5) is 0 Å². The van der Waals surface area contributed by atoms with Gasteiger partial charge in [-0.2, -0.15) is 0 Å². The predicted molar refractivity (Wildman–Crippen MR) is 226 cm³/mol. The minimum atomic E-state index is -1.98. The number of aliphatic hydroxyl groups is 11. The minimum Gasteiger partial charge on any atom is -0.394 e. The van der Waals surface area contributed by atoms with E-state index in [2.05, 4.69) is 31.3 Å². The van der Waals surface area contributed by atoms with Gasteiger partial charge in [0, 0.05) is 6.42 Å². The van der Waals surface area contributed by atoms with E-state index in [4.69, 9.17) is 28.4 Å². The van der Waals surface area contributed by atoms with E-state index in [0.29, 0.717) is 12.8 Å². The first kappa shape index (κ1) is 55.6. The van der Waals surface area contributed by atoms with Gasteiger partial charge in [0.1, 0.15) is 73.2 Å². The summed E-state index contributed by atoms with van der Waals surface area (Å²) in [6.45, 7) is 1.55. The third-order valence-corrected chi connectivity index (χ3v) is 11.8. The van der Waals surface area contributed by atoms with E-state index in [1.807, 2.05) is 6.08 Å². The van der Waals surface area contributed by atoms with Crippen LogP contribution in [0.1, 0.15) is 117 Å². The maximum absolute atomic E-state index is 13.1. The number of rotatable bonds is 30. The van der Waals surface area contributed by atoms with E-state index in [9.17, 15) is 61.0 Å². The Bertz CT molecular complexity index is 1280. The van der Waals surface area contributed by atoms with Gasteiger partial charge >= 0.3 is 0 Å². The van der Waals surface area contributed by atoms with Gasteiger partial charge in [0.15, 0.2) is 18.9 Å². The standard InChI is InChI=1S/C44H79NO18/c1-3-5-7-9-11-13-15-17-19-21-28(49)27(45-32(50)22-20-18-16-14-12-10-8-6-4-2)26-58-42-38(56)35(53)40(30(24-47)60-42)63-44-39(57)36(54)41(31(25-48)61-44)62-43-37(55)34(52)33(51)29(23-46)59-43/h11,13,19,21,27-31,33-44,46-49,51-57H,3-10,12,14-18,20,22-26H2,1-2H3,(H,45,50)/b13-11+,21-19+. The van der Waals surface area contributed by atoms with Gasteiger partial charge in [0.2, 0.25) is 5.91 Å². The molecule has 19 nitrogen and oxygen atoms in total. The van der Waals surface area contributed by atoms with Gasteiger partial charge in [-0.05, 0) is 32.1 Å². The van der Waals surface area contributed by atoms with Crippen LogP contribution in [0.5, 0.6) is 0 Å². The molecule has 0 radical (unpaired) electrons. The lowest BCUT2D eigenvalue weighted by atomic mass is 9.96. The summed E-state index contributed by atoms with van der Waals surface area (Å²) in [6.07, 6.45) is -3.36. The van der Waals surface area contributed by atoms with E-state index >= 15 is 0 Å². The summed E-state index contributed by atoms with van der Waals surface area (Å²) in [7, 11) is 0. The fourth-order valence-corrected chi connectivity index (χ4v) is 7.79. The highest BCUT2D eigenvalue weighted by Gasteiger charge is 2.53. The number of hydrogen-bond donors (Lipinski definition) is 12. The summed E-state index contributed by atoms with van der Waals surface area (Å²) >= 11 is 0. The van der Waals surface area contributed by atoms with Crippen molar-refractivity contribution in [3.8, 4) is 0 Å². The molecule has 0 bridgehead atoms. The minimum absolute atomic E-state index is 0.236. The molecular weight excluding hydrogens is 830 g/mol. The smallest absolute Gasteiger partial charge is 0.220 e. The van der Waals surface area contributed by atoms with Crippen LogP contribution in [-0.2, 0) is 33.2 Å². The summed E-state index contributed by atoms with van der Waals surface area (Å²) in [5.74, 6) is -0.295. The average molecular weight is 910 g/mol. The second-order valence-electron chi connectivity index (χ2n) is 16.9. The molecule has 0 aromatic rings. The Hall–Kier alpha value is -1.73. The Labute approximate surface area is 371 Å². The number of unbranched alkanes of at least 4 members (excludes halogenated alkanes) is 12. The lowest BCUT2D eigenvalue weighted by Crippen LogP contribution is -2.66. The molecule has 3 rings (SSSR count). The van der Waals surface area contributed by atoms with Crippen molar-refractivity contribution in [1.82, 2.24) is 5.32 Å². The van der Waals surface area contributed by atoms with Gasteiger partial charge in [-0.1, -0.05) is 102 Å². The molecule has 17 unspecified atom stereocenters. The van der Waals surface area contributed by atoms with Crippen molar-refractivity contribution in [2.24, 2.45) is 0 Å². The van der Waals surface area contributed by atoms with Gasteiger partial charge in [-0.3, -0.25) is 4.79 Å². The third kappa shape index (κ3) is 17.8. The van der Waals surface area contributed by atoms with E-state index in [0.717, 1.165) is 44.9 Å².